The van der Waals surface area contributed by atoms with Gasteiger partial charge in [-0.25, -0.2) is 14.8 Å². The first kappa shape index (κ1) is 18.3. The van der Waals surface area contributed by atoms with Crippen LogP contribution in [0.15, 0.2) is 30.7 Å². The van der Waals surface area contributed by atoms with Crippen molar-refractivity contribution in [2.24, 2.45) is 0 Å². The lowest BCUT2D eigenvalue weighted by molar-refractivity contribution is 0.0521. The molecule has 2 aromatic rings. The van der Waals surface area contributed by atoms with E-state index in [4.69, 9.17) is 9.72 Å². The van der Waals surface area contributed by atoms with E-state index in [0.29, 0.717) is 12.4 Å². The van der Waals surface area contributed by atoms with Crippen LogP contribution in [0, 0.1) is 0 Å². The van der Waals surface area contributed by atoms with Crippen molar-refractivity contribution in [1.82, 2.24) is 25.2 Å². The Morgan fingerprint density at radius 2 is 2.19 bits per heavy atom. The van der Waals surface area contributed by atoms with Gasteiger partial charge in [-0.2, -0.15) is 0 Å². The number of carbonyl (C=O) groups excluding carboxylic acids is 1. The highest BCUT2D eigenvalue weighted by Gasteiger charge is 2.20. The average molecular weight is 355 g/mol. The second kappa shape index (κ2) is 7.78. The summed E-state index contributed by atoms with van der Waals surface area (Å²) in [6, 6.07) is 3.84. The summed E-state index contributed by atoms with van der Waals surface area (Å²) >= 11 is 0. The van der Waals surface area contributed by atoms with Gasteiger partial charge in [0.1, 0.15) is 5.60 Å². The number of alkyl carbamates (subject to hydrolysis) is 1. The van der Waals surface area contributed by atoms with Gasteiger partial charge in [0, 0.05) is 50.3 Å². The average Bonchev–Trinajstić information content (AvgIpc) is 2.60. The molecular weight excluding hydrogens is 330 g/mol. The van der Waals surface area contributed by atoms with E-state index in [0.717, 1.165) is 37.3 Å². The molecule has 1 aliphatic rings. The molecule has 0 saturated heterocycles. The van der Waals surface area contributed by atoms with Crippen LogP contribution in [0.1, 0.15) is 32.0 Å². The summed E-state index contributed by atoms with van der Waals surface area (Å²) in [6.07, 6.45) is 5.96. The molecule has 7 nitrogen and oxygen atoms in total. The minimum atomic E-state index is -0.478. The first-order valence-corrected chi connectivity index (χ1v) is 8.85. The van der Waals surface area contributed by atoms with Crippen LogP contribution < -0.4 is 5.32 Å². The Hall–Kier alpha value is -2.54. The number of nitrogens with one attached hydrogen (secondary N) is 1. The van der Waals surface area contributed by atoms with Crippen LogP contribution in [0.4, 0.5) is 4.79 Å². The smallest absolute Gasteiger partial charge is 0.407 e. The molecule has 0 atom stereocenters. The Morgan fingerprint density at radius 1 is 1.35 bits per heavy atom. The van der Waals surface area contributed by atoms with Crippen LogP contribution in [-0.4, -0.2) is 51.2 Å². The van der Waals surface area contributed by atoms with Crippen LogP contribution in [0.2, 0.25) is 0 Å². The fourth-order valence-electron chi connectivity index (χ4n) is 2.81. The molecule has 1 amide bonds. The SMILES string of the molecule is CC(C)(C)OC(=O)NCCN1CCc2cnc(-c3cccnc3)nc2C1. The number of nitrogens with zero attached hydrogens (tertiary/aromatic N) is 4. The number of hydrogen-bond acceptors (Lipinski definition) is 6. The predicted molar refractivity (Wildman–Crippen MR) is 98.5 cm³/mol. The molecule has 0 bridgehead atoms. The van der Waals surface area contributed by atoms with Crippen LogP contribution in [0.5, 0.6) is 0 Å². The first-order valence-electron chi connectivity index (χ1n) is 8.85. The Kier molecular flexibility index (Phi) is 5.46. The monoisotopic (exact) mass is 355 g/mol. The Labute approximate surface area is 153 Å². The molecule has 0 unspecified atom stereocenters. The molecular formula is C19H25N5O2. The summed E-state index contributed by atoms with van der Waals surface area (Å²) in [4.78, 5) is 27.3. The van der Waals surface area contributed by atoms with E-state index in [1.165, 1.54) is 5.56 Å². The lowest BCUT2D eigenvalue weighted by atomic mass is 10.1. The molecule has 0 fully saturated rings. The predicted octanol–water partition coefficient (Wildman–Crippen LogP) is 2.42. The maximum absolute atomic E-state index is 11.7. The van der Waals surface area contributed by atoms with E-state index >= 15 is 0 Å². The van der Waals surface area contributed by atoms with E-state index in [1.807, 2.05) is 39.1 Å². The van der Waals surface area contributed by atoms with Crippen molar-refractivity contribution in [3.63, 3.8) is 0 Å². The third-order valence-electron chi connectivity index (χ3n) is 4.04. The molecule has 7 heteroatoms. The summed E-state index contributed by atoms with van der Waals surface area (Å²) < 4.78 is 5.25. The van der Waals surface area contributed by atoms with Crippen molar-refractivity contribution in [2.75, 3.05) is 19.6 Å². The molecule has 26 heavy (non-hydrogen) atoms. The Morgan fingerprint density at radius 3 is 2.92 bits per heavy atom. The number of aromatic nitrogens is 3. The molecule has 138 valence electrons. The largest absolute Gasteiger partial charge is 0.444 e. The second-order valence-electron chi connectivity index (χ2n) is 7.36. The van der Waals surface area contributed by atoms with Gasteiger partial charge < -0.3 is 10.1 Å². The van der Waals surface area contributed by atoms with Crippen LogP contribution in [-0.2, 0) is 17.7 Å². The van der Waals surface area contributed by atoms with Crippen molar-refractivity contribution in [3.8, 4) is 11.4 Å². The van der Waals surface area contributed by atoms with Crippen molar-refractivity contribution in [3.05, 3.63) is 42.0 Å². The zero-order chi connectivity index (χ0) is 18.6. The van der Waals surface area contributed by atoms with Crippen molar-refractivity contribution >= 4 is 6.09 Å². The molecule has 0 saturated carbocycles. The van der Waals surface area contributed by atoms with E-state index in [2.05, 4.69) is 20.2 Å². The lowest BCUT2D eigenvalue weighted by Gasteiger charge is -2.28. The van der Waals surface area contributed by atoms with Crippen LogP contribution in [0.25, 0.3) is 11.4 Å². The lowest BCUT2D eigenvalue weighted by Crippen LogP contribution is -2.40. The standard InChI is InChI=1S/C19H25N5O2/c1-19(2,3)26-18(25)21-8-10-24-9-6-14-12-22-17(23-16(14)13-24)15-5-4-7-20-11-15/h4-5,7,11-12H,6,8-10,13H2,1-3H3,(H,21,25). The molecule has 0 aromatic carbocycles. The maximum atomic E-state index is 11.7. The number of pyridine rings is 1. The van der Waals surface area contributed by atoms with Crippen molar-refractivity contribution < 1.29 is 9.53 Å². The number of amides is 1. The molecule has 3 rings (SSSR count). The second-order valence-corrected chi connectivity index (χ2v) is 7.36. The fraction of sp³-hybridized carbons (Fsp3) is 0.474. The van der Waals surface area contributed by atoms with Gasteiger partial charge in [0.25, 0.3) is 0 Å². The van der Waals surface area contributed by atoms with E-state index < -0.39 is 5.60 Å². The number of fused-ring (bicyclic) bond motifs is 1. The number of rotatable bonds is 4. The van der Waals surface area contributed by atoms with Gasteiger partial charge >= 0.3 is 6.09 Å². The summed E-state index contributed by atoms with van der Waals surface area (Å²) in [5.74, 6) is 0.700. The normalized spacial score (nSPS) is 14.6. The van der Waals surface area contributed by atoms with E-state index in [1.54, 1.807) is 12.4 Å². The van der Waals surface area contributed by atoms with Crippen molar-refractivity contribution in [2.45, 2.75) is 39.3 Å². The van der Waals surface area contributed by atoms with Gasteiger partial charge in [-0.1, -0.05) is 0 Å². The first-order chi connectivity index (χ1) is 12.4. The summed E-state index contributed by atoms with van der Waals surface area (Å²) in [5.41, 5.74) is 2.67. The minimum absolute atomic E-state index is 0.379. The van der Waals surface area contributed by atoms with Crippen molar-refractivity contribution in [1.29, 1.82) is 0 Å². The zero-order valence-corrected chi connectivity index (χ0v) is 15.5. The van der Waals surface area contributed by atoms with Crippen LogP contribution in [0.3, 0.4) is 0 Å². The van der Waals surface area contributed by atoms with Gasteiger partial charge in [-0.05, 0) is 44.9 Å². The zero-order valence-electron chi connectivity index (χ0n) is 15.5. The summed E-state index contributed by atoms with van der Waals surface area (Å²) in [6.45, 7) is 8.55. The third-order valence-corrected chi connectivity index (χ3v) is 4.04. The highest BCUT2D eigenvalue weighted by molar-refractivity contribution is 5.67. The minimum Gasteiger partial charge on any atom is -0.444 e. The molecule has 1 N–H and O–H groups in total. The number of hydrogen-bond donors (Lipinski definition) is 1. The van der Waals surface area contributed by atoms with Gasteiger partial charge in [-0.15, -0.1) is 0 Å². The Bertz CT molecular complexity index is 758. The van der Waals surface area contributed by atoms with Crippen LogP contribution >= 0.6 is 0 Å². The molecule has 3 heterocycles. The molecule has 0 aliphatic carbocycles. The summed E-state index contributed by atoms with van der Waals surface area (Å²) in [7, 11) is 0. The maximum Gasteiger partial charge on any atom is 0.407 e. The number of ether oxygens (including phenoxy) is 1. The van der Waals surface area contributed by atoms with Gasteiger partial charge in [-0.3, -0.25) is 9.88 Å². The highest BCUT2D eigenvalue weighted by atomic mass is 16.6. The molecule has 2 aromatic heterocycles. The Balaban J connectivity index is 1.56. The van der Waals surface area contributed by atoms with Gasteiger partial charge in [0.15, 0.2) is 5.82 Å². The molecule has 0 radical (unpaired) electrons. The van der Waals surface area contributed by atoms with E-state index in [-0.39, 0.29) is 6.09 Å². The quantitative estimate of drug-likeness (QED) is 0.907. The molecule has 1 aliphatic heterocycles. The van der Waals surface area contributed by atoms with Gasteiger partial charge in [0.05, 0.1) is 5.69 Å². The van der Waals surface area contributed by atoms with E-state index in [9.17, 15) is 4.79 Å². The number of carbonyl (C=O) groups is 1. The topological polar surface area (TPSA) is 80.2 Å². The van der Waals surface area contributed by atoms with Gasteiger partial charge in [0.2, 0.25) is 0 Å². The third kappa shape index (κ3) is 4.98. The summed E-state index contributed by atoms with van der Waals surface area (Å²) in [5, 5.41) is 2.80. The molecule has 0 spiro atoms. The fourth-order valence-corrected chi connectivity index (χ4v) is 2.81. The highest BCUT2D eigenvalue weighted by Crippen LogP contribution is 2.20.